The summed E-state index contributed by atoms with van der Waals surface area (Å²) < 4.78 is 2.92. The Balaban J connectivity index is 1.78. The first kappa shape index (κ1) is 17.0. The molecule has 2 heterocycles. The first-order valence-corrected chi connectivity index (χ1v) is 9.54. The molecule has 26 heavy (non-hydrogen) atoms. The Morgan fingerprint density at radius 1 is 1.27 bits per heavy atom. The van der Waals surface area contributed by atoms with Gasteiger partial charge in [-0.05, 0) is 55.2 Å². The number of aromatic nitrogens is 1. The summed E-state index contributed by atoms with van der Waals surface area (Å²) in [5, 5.41) is 3.44. The van der Waals surface area contributed by atoms with Gasteiger partial charge in [-0.25, -0.2) is 0 Å². The molecule has 132 valence electrons. The molecule has 1 aliphatic heterocycles. The highest BCUT2D eigenvalue weighted by atomic mass is 79.9. The highest BCUT2D eigenvalue weighted by Gasteiger charge is 2.25. The van der Waals surface area contributed by atoms with Gasteiger partial charge in [-0.15, -0.1) is 0 Å². The summed E-state index contributed by atoms with van der Waals surface area (Å²) in [5.41, 5.74) is 3.92. The maximum absolute atomic E-state index is 13.0. The second-order valence-corrected chi connectivity index (χ2v) is 7.71. The second-order valence-electron chi connectivity index (χ2n) is 6.80. The molecule has 2 aromatic carbocycles. The fourth-order valence-electron chi connectivity index (χ4n) is 3.64. The smallest absolute Gasteiger partial charge is 0.261 e. The van der Waals surface area contributed by atoms with Gasteiger partial charge in [-0.3, -0.25) is 9.59 Å². The number of halogens is 1. The highest BCUT2D eigenvalue weighted by molar-refractivity contribution is 9.10. The molecule has 1 aliphatic rings. The van der Waals surface area contributed by atoms with Crippen molar-refractivity contribution < 1.29 is 4.79 Å². The third-order valence-corrected chi connectivity index (χ3v) is 5.48. The Morgan fingerprint density at radius 3 is 2.69 bits per heavy atom. The number of amides is 1. The predicted molar refractivity (Wildman–Crippen MR) is 108 cm³/mol. The lowest BCUT2D eigenvalue weighted by atomic mass is 10.1. The fraction of sp³-hybridized carbons (Fsp3) is 0.238. The lowest BCUT2D eigenvalue weighted by Gasteiger charge is -2.13. The molecule has 0 spiro atoms. The molecule has 3 aromatic rings. The van der Waals surface area contributed by atoms with Crippen LogP contribution in [0.1, 0.15) is 41.4 Å². The van der Waals surface area contributed by atoms with E-state index in [1.807, 2.05) is 34.9 Å². The number of pyridine rings is 1. The Bertz CT molecular complexity index is 1080. The molecular weight excluding hydrogens is 392 g/mol. The molecule has 1 amide bonds. The molecule has 0 fully saturated rings. The molecule has 0 unspecified atom stereocenters. The van der Waals surface area contributed by atoms with Crippen LogP contribution < -0.4 is 10.7 Å². The van der Waals surface area contributed by atoms with Gasteiger partial charge in [0.05, 0.1) is 5.52 Å². The van der Waals surface area contributed by atoms with E-state index in [0.29, 0.717) is 11.1 Å². The van der Waals surface area contributed by atoms with Crippen LogP contribution in [0.25, 0.3) is 10.9 Å². The largest absolute Gasteiger partial charge is 0.343 e. The normalized spacial score (nSPS) is 15.4. The van der Waals surface area contributed by atoms with E-state index < -0.39 is 0 Å². The van der Waals surface area contributed by atoms with Crippen LogP contribution in [-0.2, 0) is 12.8 Å². The lowest BCUT2D eigenvalue weighted by molar-refractivity contribution is 0.102. The van der Waals surface area contributed by atoms with Gasteiger partial charge in [-0.2, -0.15) is 0 Å². The summed E-state index contributed by atoms with van der Waals surface area (Å²) in [6.07, 6.45) is 3.51. The molecule has 0 bridgehead atoms. The zero-order valence-corrected chi connectivity index (χ0v) is 16.3. The van der Waals surface area contributed by atoms with Crippen LogP contribution in [0.5, 0.6) is 0 Å². The van der Waals surface area contributed by atoms with Crippen molar-refractivity contribution in [2.24, 2.45) is 0 Å². The average molecular weight is 411 g/mol. The van der Waals surface area contributed by atoms with Crippen molar-refractivity contribution >= 4 is 38.4 Å². The number of hydrogen-bond acceptors (Lipinski definition) is 2. The van der Waals surface area contributed by atoms with Crippen LogP contribution in [0.15, 0.2) is 51.9 Å². The third-order valence-electron chi connectivity index (χ3n) is 5.02. The summed E-state index contributed by atoms with van der Waals surface area (Å²) in [5.74, 6) is -0.370. The van der Waals surface area contributed by atoms with Crippen molar-refractivity contribution in [1.82, 2.24) is 4.57 Å². The Kier molecular flexibility index (Phi) is 4.19. The summed E-state index contributed by atoms with van der Waals surface area (Å²) >= 11 is 3.48. The van der Waals surface area contributed by atoms with Gasteiger partial charge < -0.3 is 9.88 Å². The summed E-state index contributed by atoms with van der Waals surface area (Å²) in [4.78, 5) is 25.7. The molecule has 0 saturated carbocycles. The van der Waals surface area contributed by atoms with E-state index in [2.05, 4.69) is 41.2 Å². The van der Waals surface area contributed by atoms with Crippen LogP contribution in [0, 0.1) is 0 Å². The molecule has 1 atom stereocenters. The minimum atomic E-state index is -0.370. The molecule has 1 N–H and O–H groups in total. The molecule has 1 aromatic heterocycles. The average Bonchev–Trinajstić information content (AvgIpc) is 2.93. The van der Waals surface area contributed by atoms with E-state index in [0.717, 1.165) is 28.4 Å². The van der Waals surface area contributed by atoms with E-state index in [9.17, 15) is 9.59 Å². The second kappa shape index (κ2) is 6.40. The van der Waals surface area contributed by atoms with Gasteiger partial charge in [0.25, 0.3) is 5.91 Å². The van der Waals surface area contributed by atoms with Gasteiger partial charge in [0, 0.05) is 27.8 Å². The quantitative estimate of drug-likeness (QED) is 0.680. The molecule has 0 saturated heterocycles. The summed E-state index contributed by atoms with van der Waals surface area (Å²) in [6.45, 7) is 4.18. The number of anilines is 1. The SMILES string of the molecule is CCc1ccc(NC(=O)c2cn3c4c(cc(Br)cc4c2=O)C[C@@H]3C)cc1. The Hall–Kier alpha value is -2.40. The molecule has 4 nitrogen and oxygen atoms in total. The standard InChI is InChI=1S/C21H19BrN2O2/c1-3-13-4-6-16(7-5-13)23-21(26)18-11-24-12(2)8-14-9-15(22)10-17(19(14)24)20(18)25/h4-7,9-12H,3,8H2,1-2H3,(H,23,26)/t12-/m0/s1. The van der Waals surface area contributed by atoms with E-state index >= 15 is 0 Å². The number of nitrogens with one attached hydrogen (secondary N) is 1. The Morgan fingerprint density at radius 2 is 2.00 bits per heavy atom. The maximum atomic E-state index is 13.0. The van der Waals surface area contributed by atoms with E-state index in [4.69, 9.17) is 0 Å². The van der Waals surface area contributed by atoms with Crippen LogP contribution in [0.2, 0.25) is 0 Å². The number of nitrogens with zero attached hydrogens (tertiary/aromatic N) is 1. The van der Waals surface area contributed by atoms with Crippen LogP contribution >= 0.6 is 15.9 Å². The number of rotatable bonds is 3. The van der Waals surface area contributed by atoms with Crippen LogP contribution in [-0.4, -0.2) is 10.5 Å². The fourth-order valence-corrected chi connectivity index (χ4v) is 4.15. The molecular formula is C21H19BrN2O2. The lowest BCUT2D eigenvalue weighted by Crippen LogP contribution is -2.23. The van der Waals surface area contributed by atoms with E-state index in [-0.39, 0.29) is 22.9 Å². The van der Waals surface area contributed by atoms with Crippen molar-refractivity contribution in [2.75, 3.05) is 5.32 Å². The molecule has 0 aliphatic carbocycles. The zero-order valence-electron chi connectivity index (χ0n) is 14.7. The van der Waals surface area contributed by atoms with Gasteiger partial charge in [-0.1, -0.05) is 35.0 Å². The zero-order chi connectivity index (χ0) is 18.4. The van der Waals surface area contributed by atoms with Crippen LogP contribution in [0.4, 0.5) is 5.69 Å². The van der Waals surface area contributed by atoms with Gasteiger partial charge >= 0.3 is 0 Å². The molecule has 5 heteroatoms. The van der Waals surface area contributed by atoms with Crippen molar-refractivity contribution in [2.45, 2.75) is 32.7 Å². The van der Waals surface area contributed by atoms with E-state index in [1.165, 1.54) is 5.56 Å². The topological polar surface area (TPSA) is 51.1 Å². The van der Waals surface area contributed by atoms with E-state index in [1.54, 1.807) is 6.20 Å². The van der Waals surface area contributed by atoms with Gasteiger partial charge in [0.15, 0.2) is 0 Å². The maximum Gasteiger partial charge on any atom is 0.261 e. The number of benzene rings is 2. The summed E-state index contributed by atoms with van der Waals surface area (Å²) in [6, 6.07) is 11.8. The minimum absolute atomic E-state index is 0.176. The number of carbonyl (C=O) groups excluding carboxylic acids is 1. The van der Waals surface area contributed by atoms with Crippen molar-refractivity contribution in [1.29, 1.82) is 0 Å². The van der Waals surface area contributed by atoms with Gasteiger partial charge in [0.2, 0.25) is 5.43 Å². The Labute approximate surface area is 160 Å². The monoisotopic (exact) mass is 410 g/mol. The van der Waals surface area contributed by atoms with Crippen LogP contribution in [0.3, 0.4) is 0 Å². The van der Waals surface area contributed by atoms with Crippen molar-refractivity contribution in [3.63, 3.8) is 0 Å². The molecule has 0 radical (unpaired) electrons. The molecule has 4 rings (SSSR count). The minimum Gasteiger partial charge on any atom is -0.343 e. The van der Waals surface area contributed by atoms with Crippen molar-refractivity contribution in [3.05, 3.63) is 74.0 Å². The third kappa shape index (κ3) is 2.76. The first-order valence-electron chi connectivity index (χ1n) is 8.75. The number of hydrogen-bond donors (Lipinski definition) is 1. The summed E-state index contributed by atoms with van der Waals surface area (Å²) in [7, 11) is 0. The number of aryl methyl sites for hydroxylation is 1. The highest BCUT2D eigenvalue weighted by Crippen LogP contribution is 2.33. The number of carbonyl (C=O) groups is 1. The predicted octanol–water partition coefficient (Wildman–Crippen LogP) is 4.70. The first-order chi connectivity index (χ1) is 12.5. The van der Waals surface area contributed by atoms with Crippen molar-refractivity contribution in [3.8, 4) is 0 Å². The van der Waals surface area contributed by atoms with Gasteiger partial charge in [0.1, 0.15) is 5.56 Å².